The second kappa shape index (κ2) is 9.94. The van der Waals surface area contributed by atoms with Crippen molar-refractivity contribution in [2.75, 3.05) is 26.2 Å². The fourth-order valence-electron chi connectivity index (χ4n) is 4.58. The molecule has 0 bridgehead atoms. The minimum absolute atomic E-state index is 0.105. The largest absolute Gasteiger partial charge is 0.352 e. The lowest BCUT2D eigenvalue weighted by Crippen LogP contribution is -2.50. The molecule has 2 aromatic rings. The highest BCUT2D eigenvalue weighted by molar-refractivity contribution is 5.78. The number of carbonyl (C=O) groups is 1. The molecule has 0 unspecified atom stereocenters. The molecule has 2 aliphatic heterocycles. The summed E-state index contributed by atoms with van der Waals surface area (Å²) in [4.78, 5) is 26.1. The van der Waals surface area contributed by atoms with Gasteiger partial charge in [0.25, 0.3) is 0 Å². The molecule has 0 spiro atoms. The van der Waals surface area contributed by atoms with E-state index in [9.17, 15) is 4.79 Å². The van der Waals surface area contributed by atoms with Gasteiger partial charge in [0.15, 0.2) is 0 Å². The summed E-state index contributed by atoms with van der Waals surface area (Å²) in [5.41, 5.74) is 2.34. The van der Waals surface area contributed by atoms with E-state index >= 15 is 0 Å². The number of carbonyl (C=O) groups excluding carboxylic acids is 1. The highest BCUT2D eigenvalue weighted by Gasteiger charge is 2.31. The van der Waals surface area contributed by atoms with Crippen LogP contribution < -0.4 is 5.32 Å². The van der Waals surface area contributed by atoms with Crippen molar-refractivity contribution in [3.63, 3.8) is 0 Å². The zero-order valence-corrected chi connectivity index (χ0v) is 17.0. The van der Waals surface area contributed by atoms with Crippen molar-refractivity contribution in [3.05, 3.63) is 60.2 Å². The van der Waals surface area contributed by atoms with Crippen LogP contribution in [0.15, 0.2) is 49.1 Å². The number of aromatic nitrogens is 2. The van der Waals surface area contributed by atoms with E-state index in [1.807, 2.05) is 36.8 Å². The summed E-state index contributed by atoms with van der Waals surface area (Å²) in [6.45, 7) is 5.81. The summed E-state index contributed by atoms with van der Waals surface area (Å²) < 4.78 is 0. The van der Waals surface area contributed by atoms with E-state index in [-0.39, 0.29) is 11.8 Å². The van der Waals surface area contributed by atoms with Crippen LogP contribution in [0.1, 0.15) is 36.8 Å². The number of rotatable bonds is 6. The number of likely N-dealkylation sites (tertiary alicyclic amines) is 2. The Morgan fingerprint density at radius 1 is 1.00 bits per heavy atom. The molecule has 2 aliphatic rings. The molecule has 0 aromatic carbocycles. The fraction of sp³-hybridized carbons (Fsp3) is 0.522. The molecule has 6 nitrogen and oxygen atoms in total. The predicted octanol–water partition coefficient (Wildman–Crippen LogP) is 2.47. The van der Waals surface area contributed by atoms with Gasteiger partial charge in [-0.3, -0.25) is 24.6 Å². The zero-order valence-electron chi connectivity index (χ0n) is 17.0. The quantitative estimate of drug-likeness (QED) is 0.817. The summed E-state index contributed by atoms with van der Waals surface area (Å²) >= 11 is 0. The number of hydrogen-bond donors (Lipinski definition) is 1. The first kappa shape index (κ1) is 20.0. The van der Waals surface area contributed by atoms with Crippen LogP contribution in [0.2, 0.25) is 0 Å². The van der Waals surface area contributed by atoms with Crippen LogP contribution in [0.4, 0.5) is 0 Å². The van der Waals surface area contributed by atoms with E-state index in [1.54, 1.807) is 6.20 Å². The average Bonchev–Trinajstić information content (AvgIpc) is 2.79. The van der Waals surface area contributed by atoms with E-state index in [2.05, 4.69) is 31.2 Å². The van der Waals surface area contributed by atoms with Gasteiger partial charge in [-0.15, -0.1) is 0 Å². The van der Waals surface area contributed by atoms with Gasteiger partial charge in [-0.05, 0) is 68.6 Å². The molecular weight excluding hydrogens is 362 g/mol. The smallest absolute Gasteiger partial charge is 0.224 e. The molecule has 6 heteroatoms. The summed E-state index contributed by atoms with van der Waals surface area (Å²) in [5.74, 6) is 0.293. The molecule has 2 saturated heterocycles. The summed E-state index contributed by atoms with van der Waals surface area (Å²) in [5, 5.41) is 3.11. The van der Waals surface area contributed by atoms with Crippen LogP contribution in [-0.2, 0) is 17.9 Å². The average molecular weight is 394 g/mol. The number of pyridine rings is 2. The Hall–Kier alpha value is -2.31. The number of amides is 1. The normalized spacial score (nSPS) is 21.7. The van der Waals surface area contributed by atoms with Gasteiger partial charge in [0.05, 0.1) is 5.92 Å². The van der Waals surface area contributed by atoms with Gasteiger partial charge >= 0.3 is 0 Å². The lowest BCUT2D eigenvalue weighted by atomic mass is 9.93. The minimum Gasteiger partial charge on any atom is -0.352 e. The van der Waals surface area contributed by atoms with Crippen molar-refractivity contribution in [2.24, 2.45) is 5.92 Å². The van der Waals surface area contributed by atoms with Crippen LogP contribution >= 0.6 is 0 Å². The summed E-state index contributed by atoms with van der Waals surface area (Å²) in [6, 6.07) is 8.67. The Bertz CT molecular complexity index is 761. The van der Waals surface area contributed by atoms with Crippen molar-refractivity contribution in [3.8, 4) is 0 Å². The Kier molecular flexibility index (Phi) is 6.85. The maximum absolute atomic E-state index is 12.7. The first-order valence-electron chi connectivity index (χ1n) is 10.8. The van der Waals surface area contributed by atoms with E-state index < -0.39 is 0 Å². The first-order valence-corrected chi connectivity index (χ1v) is 10.8. The molecule has 4 heterocycles. The van der Waals surface area contributed by atoms with Crippen molar-refractivity contribution in [1.29, 1.82) is 0 Å². The Balaban J connectivity index is 1.23. The molecule has 0 saturated carbocycles. The second-order valence-electron chi connectivity index (χ2n) is 8.28. The van der Waals surface area contributed by atoms with Crippen LogP contribution in [0.5, 0.6) is 0 Å². The van der Waals surface area contributed by atoms with Gasteiger partial charge in [0.1, 0.15) is 0 Å². The Morgan fingerprint density at radius 3 is 2.41 bits per heavy atom. The van der Waals surface area contributed by atoms with E-state index in [1.165, 1.54) is 18.4 Å². The summed E-state index contributed by atoms with van der Waals surface area (Å²) in [6.07, 6.45) is 11.8. The molecule has 2 aromatic heterocycles. The van der Waals surface area contributed by atoms with Crippen molar-refractivity contribution in [1.82, 2.24) is 25.1 Å². The van der Waals surface area contributed by atoms with Crippen molar-refractivity contribution < 1.29 is 4.79 Å². The highest BCUT2D eigenvalue weighted by Crippen LogP contribution is 2.24. The van der Waals surface area contributed by atoms with E-state index in [4.69, 9.17) is 0 Å². The topological polar surface area (TPSA) is 61.4 Å². The van der Waals surface area contributed by atoms with Gasteiger partial charge in [0.2, 0.25) is 5.91 Å². The van der Waals surface area contributed by atoms with Gasteiger partial charge in [-0.2, -0.15) is 0 Å². The Morgan fingerprint density at radius 2 is 1.72 bits per heavy atom. The molecule has 154 valence electrons. The molecular formula is C23H31N5O. The monoisotopic (exact) mass is 393 g/mol. The van der Waals surface area contributed by atoms with Gasteiger partial charge in [-0.25, -0.2) is 0 Å². The van der Waals surface area contributed by atoms with Crippen LogP contribution in [0, 0.1) is 5.92 Å². The molecule has 4 rings (SSSR count). The number of nitrogens with zero attached hydrogens (tertiary/aromatic N) is 4. The van der Waals surface area contributed by atoms with Gasteiger partial charge < -0.3 is 5.32 Å². The maximum Gasteiger partial charge on any atom is 0.224 e. The Labute approximate surface area is 173 Å². The fourth-order valence-corrected chi connectivity index (χ4v) is 4.58. The minimum atomic E-state index is 0.105. The number of piperidine rings is 2. The van der Waals surface area contributed by atoms with Crippen molar-refractivity contribution in [2.45, 2.75) is 44.8 Å². The van der Waals surface area contributed by atoms with Crippen molar-refractivity contribution >= 4 is 5.91 Å². The predicted molar refractivity (Wildman–Crippen MR) is 113 cm³/mol. The standard InChI is InChI=1S/C23H31N5O/c29-23(26-16-19-4-1-9-24-14-19)21-6-3-11-28(18-21)22-7-12-27(13-8-22)17-20-5-2-10-25-15-20/h1-2,4-5,9-10,14-15,21-22H,3,6-8,11-13,16-18H2,(H,26,29)/t21-/m0/s1. The third-order valence-electron chi connectivity index (χ3n) is 6.22. The third-order valence-corrected chi connectivity index (χ3v) is 6.22. The first-order chi connectivity index (χ1) is 14.3. The molecule has 1 N–H and O–H groups in total. The van der Waals surface area contributed by atoms with Crippen LogP contribution in [-0.4, -0.2) is 57.9 Å². The number of nitrogens with one attached hydrogen (secondary N) is 1. The third kappa shape index (κ3) is 5.61. The molecule has 29 heavy (non-hydrogen) atoms. The lowest BCUT2D eigenvalue weighted by molar-refractivity contribution is -0.127. The van der Waals surface area contributed by atoms with Crippen LogP contribution in [0.25, 0.3) is 0 Å². The highest BCUT2D eigenvalue weighted by atomic mass is 16.1. The van der Waals surface area contributed by atoms with Gasteiger partial charge in [0, 0.05) is 50.5 Å². The molecule has 1 amide bonds. The molecule has 1 atom stereocenters. The molecule has 0 radical (unpaired) electrons. The van der Waals surface area contributed by atoms with E-state index in [0.29, 0.717) is 12.6 Å². The van der Waals surface area contributed by atoms with E-state index in [0.717, 1.165) is 51.1 Å². The molecule has 2 fully saturated rings. The van der Waals surface area contributed by atoms with Crippen LogP contribution in [0.3, 0.4) is 0 Å². The molecule has 0 aliphatic carbocycles. The second-order valence-corrected chi connectivity index (χ2v) is 8.28. The summed E-state index contributed by atoms with van der Waals surface area (Å²) in [7, 11) is 0. The SMILES string of the molecule is O=C(NCc1cccnc1)[C@H]1CCCN(C2CCN(Cc3cccnc3)CC2)C1. The lowest BCUT2D eigenvalue weighted by Gasteiger charge is -2.42. The number of hydrogen-bond acceptors (Lipinski definition) is 5. The maximum atomic E-state index is 12.7. The zero-order chi connectivity index (χ0) is 19.9. The van der Waals surface area contributed by atoms with Gasteiger partial charge in [-0.1, -0.05) is 12.1 Å².